The quantitative estimate of drug-likeness (QED) is 0.872. The zero-order valence-electron chi connectivity index (χ0n) is 11.5. The molecule has 1 aromatic carbocycles. The van der Waals surface area contributed by atoms with E-state index in [4.69, 9.17) is 11.5 Å². The Morgan fingerprint density at radius 2 is 1.86 bits per heavy atom. The molecule has 0 bridgehead atoms. The Morgan fingerprint density at radius 1 is 1.19 bits per heavy atom. The van der Waals surface area contributed by atoms with Crippen LogP contribution in [0.5, 0.6) is 0 Å². The highest BCUT2D eigenvalue weighted by Gasteiger charge is 2.24. The van der Waals surface area contributed by atoms with Crippen molar-refractivity contribution in [3.05, 3.63) is 24.3 Å². The van der Waals surface area contributed by atoms with Crippen LogP contribution < -0.4 is 16.4 Å². The summed E-state index contributed by atoms with van der Waals surface area (Å²) in [7, 11) is 0. The largest absolute Gasteiger partial charge is 0.383 e. The maximum atomic E-state index is 11.2. The van der Waals surface area contributed by atoms with E-state index in [-0.39, 0.29) is 24.2 Å². The van der Waals surface area contributed by atoms with Gasteiger partial charge in [-0.05, 0) is 25.0 Å². The number of primary amides is 1. The molecule has 1 aromatic heterocycles. The van der Waals surface area contributed by atoms with Crippen molar-refractivity contribution in [2.75, 3.05) is 23.7 Å². The fraction of sp³-hybridized carbons (Fsp3) is 0.357. The molecule has 3 rings (SSSR count). The highest BCUT2D eigenvalue weighted by Crippen LogP contribution is 2.24. The summed E-state index contributed by atoms with van der Waals surface area (Å²) >= 11 is 0. The van der Waals surface area contributed by atoms with Crippen LogP contribution in [0.3, 0.4) is 0 Å². The molecule has 7 heteroatoms. The lowest BCUT2D eigenvalue weighted by molar-refractivity contribution is -0.122. The van der Waals surface area contributed by atoms with Crippen molar-refractivity contribution in [1.82, 2.24) is 9.97 Å². The zero-order valence-corrected chi connectivity index (χ0v) is 12.3. The van der Waals surface area contributed by atoms with Gasteiger partial charge in [-0.25, -0.2) is 4.98 Å². The van der Waals surface area contributed by atoms with Crippen molar-refractivity contribution >= 4 is 41.0 Å². The van der Waals surface area contributed by atoms with E-state index < -0.39 is 0 Å². The summed E-state index contributed by atoms with van der Waals surface area (Å²) in [5, 5.41) is 0.864. The summed E-state index contributed by atoms with van der Waals surface area (Å²) in [6.07, 6.45) is 1.48. The smallest absolute Gasteiger partial charge is 0.227 e. The Balaban J connectivity index is 0.00000161. The number of hydrogen-bond donors (Lipinski definition) is 2. The fourth-order valence-electron chi connectivity index (χ4n) is 2.59. The van der Waals surface area contributed by atoms with E-state index in [0.717, 1.165) is 36.8 Å². The third kappa shape index (κ3) is 3.00. The lowest BCUT2D eigenvalue weighted by Gasteiger charge is -2.30. The predicted octanol–water partition coefficient (Wildman–Crippen LogP) is 1.34. The first-order valence-corrected chi connectivity index (χ1v) is 6.71. The number of aromatic nitrogens is 2. The van der Waals surface area contributed by atoms with Crippen molar-refractivity contribution in [2.24, 2.45) is 11.7 Å². The topological polar surface area (TPSA) is 98.1 Å². The molecule has 2 aromatic rings. The minimum atomic E-state index is -0.219. The molecule has 1 aliphatic rings. The SMILES string of the molecule is Cl.NC(=O)C1CCN(c2nc(N)c3ccccc3n2)CC1. The van der Waals surface area contributed by atoms with Gasteiger partial charge in [-0.2, -0.15) is 4.98 Å². The Hall–Kier alpha value is -2.08. The number of hydrogen-bond acceptors (Lipinski definition) is 5. The molecule has 2 heterocycles. The molecule has 0 atom stereocenters. The predicted molar refractivity (Wildman–Crippen MR) is 85.3 cm³/mol. The van der Waals surface area contributed by atoms with Crippen molar-refractivity contribution in [3.8, 4) is 0 Å². The first-order chi connectivity index (χ1) is 9.65. The Kier molecular flexibility index (Phi) is 4.47. The fourth-order valence-corrected chi connectivity index (χ4v) is 2.59. The number of carbonyl (C=O) groups excluding carboxylic acids is 1. The average molecular weight is 308 g/mol. The number of para-hydroxylation sites is 1. The molecule has 0 aliphatic carbocycles. The molecule has 4 N–H and O–H groups in total. The van der Waals surface area contributed by atoms with Gasteiger partial charge in [-0.3, -0.25) is 4.79 Å². The number of rotatable bonds is 2. The average Bonchev–Trinajstić information content (AvgIpc) is 2.47. The van der Waals surface area contributed by atoms with E-state index in [1.54, 1.807) is 0 Å². The molecule has 21 heavy (non-hydrogen) atoms. The van der Waals surface area contributed by atoms with Crippen LogP contribution in [0.4, 0.5) is 11.8 Å². The van der Waals surface area contributed by atoms with Gasteiger partial charge in [0.15, 0.2) is 0 Å². The Morgan fingerprint density at radius 3 is 2.52 bits per heavy atom. The molecule has 112 valence electrons. The number of fused-ring (bicyclic) bond motifs is 1. The number of benzene rings is 1. The van der Waals surface area contributed by atoms with Gasteiger partial charge >= 0.3 is 0 Å². The highest BCUT2D eigenvalue weighted by atomic mass is 35.5. The molecule has 1 fully saturated rings. The van der Waals surface area contributed by atoms with Crippen LogP contribution in [0, 0.1) is 5.92 Å². The number of nitrogens with zero attached hydrogens (tertiary/aromatic N) is 3. The molecule has 0 unspecified atom stereocenters. The minimum absolute atomic E-state index is 0. The third-order valence-electron chi connectivity index (χ3n) is 3.80. The van der Waals surface area contributed by atoms with Crippen LogP contribution in [-0.4, -0.2) is 29.0 Å². The molecule has 1 aliphatic heterocycles. The molecule has 0 radical (unpaired) electrons. The van der Waals surface area contributed by atoms with Crippen molar-refractivity contribution in [3.63, 3.8) is 0 Å². The first-order valence-electron chi connectivity index (χ1n) is 6.71. The summed E-state index contributed by atoms with van der Waals surface area (Å²) in [6, 6.07) is 7.68. The van der Waals surface area contributed by atoms with Gasteiger partial charge in [0, 0.05) is 24.4 Å². The van der Waals surface area contributed by atoms with E-state index in [1.807, 2.05) is 24.3 Å². The van der Waals surface area contributed by atoms with E-state index in [2.05, 4.69) is 14.9 Å². The number of nitrogens with two attached hydrogens (primary N) is 2. The highest BCUT2D eigenvalue weighted by molar-refractivity contribution is 5.88. The molecule has 0 spiro atoms. The molecule has 1 amide bonds. The van der Waals surface area contributed by atoms with Gasteiger partial charge in [-0.1, -0.05) is 12.1 Å². The van der Waals surface area contributed by atoms with Crippen LogP contribution in [0.15, 0.2) is 24.3 Å². The maximum absolute atomic E-state index is 11.2. The van der Waals surface area contributed by atoms with Crippen molar-refractivity contribution in [1.29, 1.82) is 0 Å². The lowest BCUT2D eigenvalue weighted by atomic mass is 9.96. The monoisotopic (exact) mass is 307 g/mol. The molecule has 0 saturated carbocycles. The number of nitrogen functional groups attached to an aromatic ring is 1. The summed E-state index contributed by atoms with van der Waals surface area (Å²) in [5.74, 6) is 0.861. The molecule has 6 nitrogen and oxygen atoms in total. The number of anilines is 2. The van der Waals surface area contributed by atoms with Gasteiger partial charge in [0.1, 0.15) is 5.82 Å². The van der Waals surface area contributed by atoms with E-state index in [9.17, 15) is 4.79 Å². The van der Waals surface area contributed by atoms with Gasteiger partial charge < -0.3 is 16.4 Å². The van der Waals surface area contributed by atoms with Gasteiger partial charge in [0.2, 0.25) is 11.9 Å². The Labute approximate surface area is 128 Å². The number of carbonyl (C=O) groups is 1. The summed E-state index contributed by atoms with van der Waals surface area (Å²) in [5.41, 5.74) is 12.2. The Bertz CT molecular complexity index is 655. The number of piperidine rings is 1. The van der Waals surface area contributed by atoms with E-state index >= 15 is 0 Å². The van der Waals surface area contributed by atoms with Gasteiger partial charge in [-0.15, -0.1) is 12.4 Å². The second-order valence-corrected chi connectivity index (χ2v) is 5.09. The summed E-state index contributed by atoms with van der Waals surface area (Å²) < 4.78 is 0. The normalized spacial score (nSPS) is 15.7. The van der Waals surface area contributed by atoms with Gasteiger partial charge in [0.25, 0.3) is 0 Å². The third-order valence-corrected chi connectivity index (χ3v) is 3.80. The maximum Gasteiger partial charge on any atom is 0.227 e. The van der Waals surface area contributed by atoms with Crippen LogP contribution in [0.2, 0.25) is 0 Å². The van der Waals surface area contributed by atoms with Crippen LogP contribution in [0.1, 0.15) is 12.8 Å². The van der Waals surface area contributed by atoms with Crippen LogP contribution >= 0.6 is 12.4 Å². The summed E-state index contributed by atoms with van der Waals surface area (Å²) in [6.45, 7) is 1.46. The first kappa shape index (κ1) is 15.3. The standard InChI is InChI=1S/C14H17N5O.ClH/c15-12-10-3-1-2-4-11(10)17-14(18-12)19-7-5-9(6-8-19)13(16)20;/h1-4,9H,5-8H2,(H2,16,20)(H2,15,17,18);1H. The van der Waals surface area contributed by atoms with Crippen LogP contribution in [-0.2, 0) is 4.79 Å². The number of amides is 1. The molecule has 1 saturated heterocycles. The van der Waals surface area contributed by atoms with Gasteiger partial charge in [0.05, 0.1) is 5.52 Å². The zero-order chi connectivity index (χ0) is 14.1. The van der Waals surface area contributed by atoms with E-state index in [0.29, 0.717) is 11.8 Å². The molecular weight excluding hydrogens is 290 g/mol. The number of halogens is 1. The van der Waals surface area contributed by atoms with Crippen molar-refractivity contribution < 1.29 is 4.79 Å². The molecular formula is C14H18ClN5O. The second kappa shape index (κ2) is 6.13. The lowest BCUT2D eigenvalue weighted by Crippen LogP contribution is -2.39. The minimum Gasteiger partial charge on any atom is -0.383 e. The van der Waals surface area contributed by atoms with Crippen molar-refractivity contribution in [2.45, 2.75) is 12.8 Å². The second-order valence-electron chi connectivity index (χ2n) is 5.09. The summed E-state index contributed by atoms with van der Waals surface area (Å²) in [4.78, 5) is 22.2. The van der Waals surface area contributed by atoms with E-state index in [1.165, 1.54) is 0 Å². The van der Waals surface area contributed by atoms with Crippen LogP contribution in [0.25, 0.3) is 10.9 Å².